The van der Waals surface area contributed by atoms with E-state index in [9.17, 15) is 21.0 Å². The summed E-state index contributed by atoms with van der Waals surface area (Å²) in [4.78, 5) is 4.61. The van der Waals surface area contributed by atoms with E-state index in [2.05, 4.69) is 159 Å². The predicted molar refractivity (Wildman–Crippen MR) is 338 cm³/mol. The lowest BCUT2D eigenvalue weighted by atomic mass is 9.65. The molecule has 2 aliphatic carbocycles. The Labute approximate surface area is 495 Å². The summed E-state index contributed by atoms with van der Waals surface area (Å²) < 4.78 is 24.0. The highest BCUT2D eigenvalue weighted by Gasteiger charge is 2.54. The fraction of sp³-hybridized carbons (Fsp3) is 0.0882. The van der Waals surface area contributed by atoms with E-state index in [1.54, 1.807) is 34.8 Å². The minimum atomic E-state index is -0.734. The third kappa shape index (κ3) is 7.11. The molecule has 13 aromatic rings. The summed E-state index contributed by atoms with van der Waals surface area (Å²) in [5.41, 5.74) is 21.7. The van der Waals surface area contributed by atoms with Crippen molar-refractivity contribution < 1.29 is 0 Å². The molecule has 0 N–H and O–H groups in total. The number of hydrogen-bond acceptors (Lipinski definition) is 14. The average molecular weight is 1160 g/mol. The normalized spacial score (nSPS) is 13.3. The van der Waals surface area contributed by atoms with Crippen LogP contribution in [0.4, 0.5) is 0 Å². The van der Waals surface area contributed by atoms with Crippen molar-refractivity contribution >= 4 is 122 Å². The van der Waals surface area contributed by atoms with E-state index >= 15 is 0 Å². The van der Waals surface area contributed by atoms with Crippen LogP contribution in [0.15, 0.2) is 157 Å². The maximum absolute atomic E-state index is 9.72. The van der Waals surface area contributed by atoms with E-state index in [1.807, 2.05) is 65.1 Å². The van der Waals surface area contributed by atoms with E-state index in [1.165, 1.54) is 106 Å². The predicted octanol–water partition coefficient (Wildman–Crippen LogP) is 18.4. The largest absolute Gasteiger partial charge is 0.192 e. The number of thiophene rings is 4. The van der Waals surface area contributed by atoms with Gasteiger partial charge in [-0.15, -0.1) is 45.3 Å². The molecule has 0 amide bonds. The zero-order valence-electron chi connectivity index (χ0n) is 44.0. The number of nitrogens with zero attached hydrogens (tertiary/aromatic N) is 8. The van der Waals surface area contributed by atoms with Gasteiger partial charge in [0.25, 0.3) is 0 Å². The standard InChI is InChI=1S/C68H38N8S6/c1-35-5-15-43(16-6-35)67(44-17-7-36(2)8-18-44)51-28-50-52(27-49(51)62-53(67)29-54(77-62)47-23-13-41(25-39(31-69)32-70)58-60(47)75-81-73-58)68(45-19-9-37(3)10-20-45,46-21-11-38(4)12-22-46)57-63(50)80-66-64-56(79-65(57)66)30-55(78-64)48-24-14-42(26-40(33-71)34-72)59-61(48)76-82-74-59/h5-30H,1-4H3. The fourth-order valence-corrected chi connectivity index (χ4v) is 19.4. The number of aryl methyl sites for hydroxylation is 4. The van der Waals surface area contributed by atoms with Gasteiger partial charge in [0.1, 0.15) is 57.5 Å². The van der Waals surface area contributed by atoms with Gasteiger partial charge in [-0.3, -0.25) is 0 Å². The lowest BCUT2D eigenvalue weighted by molar-refractivity contribution is 0.762. The molecule has 2 aliphatic rings. The smallest absolute Gasteiger partial charge is 0.130 e. The number of nitriles is 4. The van der Waals surface area contributed by atoms with Gasteiger partial charge in [0.05, 0.1) is 48.4 Å². The van der Waals surface area contributed by atoms with Crippen molar-refractivity contribution in [3.05, 3.63) is 235 Å². The van der Waals surface area contributed by atoms with Gasteiger partial charge in [-0.1, -0.05) is 144 Å². The SMILES string of the molecule is Cc1ccc(C2(c3ccc(C)cc3)c3cc4c(cc3-c3sc(-c5ccc(C=C(C#N)C#N)c6nsnc56)cc32)C(c2ccc(C)cc2)(c2ccc(C)cc2)c2c-4sc3c2sc2cc(-c4ccc(C=C(C#N)C#N)c5nsnc45)sc23)cc1. The van der Waals surface area contributed by atoms with Gasteiger partial charge < -0.3 is 0 Å². The lowest BCUT2D eigenvalue weighted by Crippen LogP contribution is -2.30. The molecular weight excluding hydrogens is 1120 g/mol. The quantitative estimate of drug-likeness (QED) is 0.137. The van der Waals surface area contributed by atoms with Crippen LogP contribution < -0.4 is 0 Å². The maximum Gasteiger partial charge on any atom is 0.130 e. The van der Waals surface area contributed by atoms with Gasteiger partial charge in [0.15, 0.2) is 0 Å². The second-order valence-electron chi connectivity index (χ2n) is 21.0. The van der Waals surface area contributed by atoms with Gasteiger partial charge >= 0.3 is 0 Å². The number of rotatable bonds is 8. The maximum atomic E-state index is 9.72. The Hall–Kier alpha value is -9.06. The van der Waals surface area contributed by atoms with E-state index in [-0.39, 0.29) is 11.1 Å². The van der Waals surface area contributed by atoms with Crippen LogP contribution in [0.5, 0.6) is 0 Å². The van der Waals surface area contributed by atoms with Crippen LogP contribution in [0.2, 0.25) is 0 Å². The van der Waals surface area contributed by atoms with E-state index < -0.39 is 10.8 Å². The molecule has 0 radical (unpaired) electrons. The number of aromatic nitrogens is 4. The summed E-state index contributed by atoms with van der Waals surface area (Å²) in [6, 6.07) is 62.5. The van der Waals surface area contributed by atoms with Crippen molar-refractivity contribution in [3.63, 3.8) is 0 Å². The summed E-state index contributed by atoms with van der Waals surface area (Å²) in [6.07, 6.45) is 3.19. The number of fused-ring (bicyclic) bond motifs is 12. The molecule has 82 heavy (non-hydrogen) atoms. The topological polar surface area (TPSA) is 147 Å². The van der Waals surface area contributed by atoms with Gasteiger partial charge in [-0.05, 0) is 114 Å². The van der Waals surface area contributed by atoms with Crippen LogP contribution in [0, 0.1) is 73.0 Å². The Morgan fingerprint density at radius 1 is 0.390 bits per heavy atom. The highest BCUT2D eigenvalue weighted by atomic mass is 32.1. The van der Waals surface area contributed by atoms with Gasteiger partial charge in [0.2, 0.25) is 0 Å². The molecule has 8 nitrogen and oxygen atoms in total. The molecule has 14 heteroatoms. The molecule has 0 saturated heterocycles. The summed E-state index contributed by atoms with van der Waals surface area (Å²) in [5.74, 6) is 0. The second-order valence-corrected chi connectivity index (χ2v) is 26.3. The van der Waals surface area contributed by atoms with Crippen LogP contribution in [0.1, 0.15) is 77.9 Å². The Morgan fingerprint density at radius 3 is 1.29 bits per heavy atom. The van der Waals surface area contributed by atoms with Crippen LogP contribution in [-0.2, 0) is 10.8 Å². The molecule has 0 fully saturated rings. The molecule has 6 aromatic heterocycles. The molecular formula is C68H38N8S6. The number of hydrogen-bond donors (Lipinski definition) is 0. The van der Waals surface area contributed by atoms with E-state index in [4.69, 9.17) is 13.1 Å². The van der Waals surface area contributed by atoms with E-state index in [0.29, 0.717) is 22.2 Å². The second kappa shape index (κ2) is 18.8. The molecule has 386 valence electrons. The zero-order chi connectivity index (χ0) is 55.8. The average Bonchev–Trinajstić information content (AvgIpc) is 1.90. The minimum Gasteiger partial charge on any atom is -0.192 e. The molecule has 0 atom stereocenters. The molecule has 0 aliphatic heterocycles. The number of benzene rings is 7. The van der Waals surface area contributed by atoms with Crippen molar-refractivity contribution in [2.75, 3.05) is 0 Å². The first-order chi connectivity index (χ1) is 40.0. The van der Waals surface area contributed by atoms with E-state index in [0.717, 1.165) is 55.4 Å². The summed E-state index contributed by atoms with van der Waals surface area (Å²) in [7, 11) is 0. The van der Waals surface area contributed by atoms with Crippen molar-refractivity contribution in [1.82, 2.24) is 17.5 Å². The molecule has 7 aromatic carbocycles. The Balaban J connectivity index is 1.02. The molecule has 15 rings (SSSR count). The third-order valence-corrected chi connectivity index (χ3v) is 22.6. The van der Waals surface area contributed by atoms with Crippen LogP contribution in [-0.4, -0.2) is 17.5 Å². The molecule has 6 heterocycles. The first kappa shape index (κ1) is 49.9. The Bertz CT molecular complexity index is 5000. The van der Waals surface area contributed by atoms with Crippen LogP contribution in [0.25, 0.3) is 94.8 Å². The molecule has 0 unspecified atom stereocenters. The fourth-order valence-electron chi connectivity index (χ4n) is 12.6. The monoisotopic (exact) mass is 1160 g/mol. The highest BCUT2D eigenvalue weighted by Crippen LogP contribution is 2.68. The molecule has 0 spiro atoms. The summed E-state index contributed by atoms with van der Waals surface area (Å²) in [6.45, 7) is 8.62. The summed E-state index contributed by atoms with van der Waals surface area (Å²) >= 11 is 9.61. The van der Waals surface area contributed by atoms with Crippen molar-refractivity contribution in [3.8, 4) is 66.0 Å². The number of allylic oxidation sites excluding steroid dienone is 2. The minimum absolute atomic E-state index is 0.0101. The first-order valence-electron chi connectivity index (χ1n) is 26.2. The summed E-state index contributed by atoms with van der Waals surface area (Å²) in [5, 5.41) is 38.6. The molecule has 0 saturated carbocycles. The zero-order valence-corrected chi connectivity index (χ0v) is 48.9. The first-order valence-corrected chi connectivity index (χ1v) is 30.9. The third-order valence-electron chi connectivity index (χ3n) is 16.4. The van der Waals surface area contributed by atoms with Crippen molar-refractivity contribution in [1.29, 1.82) is 21.0 Å². The van der Waals surface area contributed by atoms with Crippen LogP contribution in [0.3, 0.4) is 0 Å². The lowest BCUT2D eigenvalue weighted by Gasteiger charge is -2.35. The van der Waals surface area contributed by atoms with Crippen molar-refractivity contribution in [2.24, 2.45) is 0 Å². The van der Waals surface area contributed by atoms with Gasteiger partial charge in [-0.2, -0.15) is 38.5 Å². The Kier molecular flexibility index (Phi) is 11.4. The molecule has 0 bridgehead atoms. The van der Waals surface area contributed by atoms with Crippen molar-refractivity contribution in [2.45, 2.75) is 38.5 Å². The van der Waals surface area contributed by atoms with Gasteiger partial charge in [-0.25, -0.2) is 0 Å². The van der Waals surface area contributed by atoms with Crippen LogP contribution >= 0.6 is 68.8 Å². The Morgan fingerprint density at radius 2 is 0.817 bits per heavy atom. The van der Waals surface area contributed by atoms with Gasteiger partial charge in [0, 0.05) is 52.0 Å². The highest BCUT2D eigenvalue weighted by molar-refractivity contribution is 7.40.